The summed E-state index contributed by atoms with van der Waals surface area (Å²) in [6, 6.07) is 11.6. The number of carbonyl (C=O) groups is 1. The highest BCUT2D eigenvalue weighted by Crippen LogP contribution is 2.18. The molecule has 0 aliphatic heterocycles. The highest BCUT2D eigenvalue weighted by molar-refractivity contribution is 5.92. The van der Waals surface area contributed by atoms with Gasteiger partial charge >= 0.3 is 0 Å². The number of pyridine rings is 1. The largest absolute Gasteiger partial charge is 0.383 e. The van der Waals surface area contributed by atoms with Crippen LogP contribution in [-0.4, -0.2) is 32.3 Å². The molecule has 0 aliphatic carbocycles. The van der Waals surface area contributed by atoms with E-state index in [0.717, 1.165) is 10.9 Å². The lowest BCUT2D eigenvalue weighted by Gasteiger charge is -2.21. The van der Waals surface area contributed by atoms with E-state index in [-0.39, 0.29) is 12.5 Å². The van der Waals surface area contributed by atoms with Gasteiger partial charge in [0.25, 0.3) is 0 Å². The smallest absolute Gasteiger partial charge is 0.244 e. The van der Waals surface area contributed by atoms with Crippen molar-refractivity contribution in [1.29, 1.82) is 0 Å². The number of aliphatic hydroxyl groups is 1. The van der Waals surface area contributed by atoms with E-state index in [0.29, 0.717) is 11.3 Å². The van der Waals surface area contributed by atoms with Crippen molar-refractivity contribution in [3.63, 3.8) is 0 Å². The van der Waals surface area contributed by atoms with Gasteiger partial charge < -0.3 is 10.4 Å². The van der Waals surface area contributed by atoms with Crippen LogP contribution in [0, 0.1) is 0 Å². The molecule has 2 heterocycles. The monoisotopic (exact) mass is 336 g/mol. The highest BCUT2D eigenvalue weighted by atomic mass is 16.3. The number of benzene rings is 1. The lowest BCUT2D eigenvalue weighted by Crippen LogP contribution is -2.37. The maximum atomic E-state index is 12.0. The van der Waals surface area contributed by atoms with Crippen LogP contribution >= 0.6 is 0 Å². The number of para-hydroxylation sites is 1. The van der Waals surface area contributed by atoms with Crippen LogP contribution < -0.4 is 5.32 Å². The molecular formula is C19H20N4O2. The van der Waals surface area contributed by atoms with E-state index in [9.17, 15) is 9.90 Å². The van der Waals surface area contributed by atoms with Gasteiger partial charge in [-0.3, -0.25) is 9.48 Å². The summed E-state index contributed by atoms with van der Waals surface area (Å²) in [4.78, 5) is 16.5. The molecule has 3 rings (SSSR count). The number of amides is 1. The summed E-state index contributed by atoms with van der Waals surface area (Å²) in [6.45, 7) is 1.73. The first-order valence-corrected chi connectivity index (χ1v) is 7.97. The summed E-state index contributed by atoms with van der Waals surface area (Å²) in [5, 5.41) is 18.2. The number of aryl methyl sites for hydroxylation is 1. The number of carbonyl (C=O) groups excluding carboxylic acids is 1. The zero-order valence-electron chi connectivity index (χ0n) is 14.2. The van der Waals surface area contributed by atoms with Crippen molar-refractivity contribution in [3.8, 4) is 0 Å². The summed E-state index contributed by atoms with van der Waals surface area (Å²) >= 11 is 0. The van der Waals surface area contributed by atoms with Gasteiger partial charge in [0.05, 0.1) is 24.0 Å². The Morgan fingerprint density at radius 3 is 2.88 bits per heavy atom. The molecule has 1 atom stereocenters. The van der Waals surface area contributed by atoms with Gasteiger partial charge in [0.15, 0.2) is 0 Å². The molecule has 0 bridgehead atoms. The maximum absolute atomic E-state index is 12.0. The first-order chi connectivity index (χ1) is 11.9. The van der Waals surface area contributed by atoms with Gasteiger partial charge in [0, 0.05) is 30.3 Å². The molecule has 0 radical (unpaired) electrons. The number of hydrogen-bond donors (Lipinski definition) is 2. The van der Waals surface area contributed by atoms with E-state index in [1.54, 1.807) is 37.1 Å². The molecule has 2 aromatic heterocycles. The Morgan fingerprint density at radius 2 is 2.12 bits per heavy atom. The van der Waals surface area contributed by atoms with Crippen LogP contribution in [-0.2, 0) is 17.4 Å². The molecule has 3 aromatic rings. The van der Waals surface area contributed by atoms with Gasteiger partial charge in [-0.2, -0.15) is 5.10 Å². The molecule has 6 nitrogen and oxygen atoms in total. The molecule has 0 fully saturated rings. The first kappa shape index (κ1) is 16.9. The van der Waals surface area contributed by atoms with Gasteiger partial charge in [-0.1, -0.05) is 24.3 Å². The van der Waals surface area contributed by atoms with Crippen molar-refractivity contribution in [2.45, 2.75) is 12.5 Å². The Bertz CT molecular complexity index is 928. The lowest BCUT2D eigenvalue weighted by atomic mass is 10.00. The Balaban J connectivity index is 1.62. The second-order valence-corrected chi connectivity index (χ2v) is 6.16. The Hall–Kier alpha value is -2.99. The van der Waals surface area contributed by atoms with Crippen molar-refractivity contribution in [2.24, 2.45) is 7.05 Å². The minimum absolute atomic E-state index is 0.0903. The average Bonchev–Trinajstić information content (AvgIpc) is 3.05. The van der Waals surface area contributed by atoms with Gasteiger partial charge in [0.1, 0.15) is 5.60 Å². The number of hydrogen-bond acceptors (Lipinski definition) is 4. The maximum Gasteiger partial charge on any atom is 0.244 e. The fourth-order valence-electron chi connectivity index (χ4n) is 2.46. The summed E-state index contributed by atoms with van der Waals surface area (Å²) in [7, 11) is 1.78. The SMILES string of the molecule is Cn1cc(C(C)(O)CNC(=O)C=Cc2ccc3ccccc3n2)cn1. The fraction of sp³-hybridized carbons (Fsp3) is 0.211. The third kappa shape index (κ3) is 4.10. The minimum atomic E-state index is -1.18. The Kier molecular flexibility index (Phi) is 4.63. The highest BCUT2D eigenvalue weighted by Gasteiger charge is 2.24. The van der Waals surface area contributed by atoms with E-state index in [4.69, 9.17) is 0 Å². The molecule has 0 spiro atoms. The molecule has 0 saturated heterocycles. The molecule has 0 aliphatic rings. The van der Waals surface area contributed by atoms with Crippen LogP contribution in [0.15, 0.2) is 54.9 Å². The zero-order valence-corrected chi connectivity index (χ0v) is 14.2. The molecule has 128 valence electrons. The van der Waals surface area contributed by atoms with Crippen LogP contribution in [0.4, 0.5) is 0 Å². The number of nitrogens with one attached hydrogen (secondary N) is 1. The summed E-state index contributed by atoms with van der Waals surface area (Å²) in [5.41, 5.74) is 1.05. The number of rotatable bonds is 5. The van der Waals surface area contributed by atoms with Gasteiger partial charge in [-0.05, 0) is 25.1 Å². The Morgan fingerprint density at radius 1 is 1.32 bits per heavy atom. The number of nitrogens with zero attached hydrogens (tertiary/aromatic N) is 3. The third-order valence-electron chi connectivity index (χ3n) is 3.96. The van der Waals surface area contributed by atoms with Crippen molar-refractivity contribution in [2.75, 3.05) is 6.54 Å². The van der Waals surface area contributed by atoms with Crippen molar-refractivity contribution in [3.05, 3.63) is 66.1 Å². The predicted molar refractivity (Wildman–Crippen MR) is 96.6 cm³/mol. The van der Waals surface area contributed by atoms with Gasteiger partial charge in [-0.25, -0.2) is 4.98 Å². The van der Waals surface area contributed by atoms with E-state index in [1.165, 1.54) is 6.08 Å². The fourth-order valence-corrected chi connectivity index (χ4v) is 2.46. The van der Waals surface area contributed by atoms with Gasteiger partial charge in [-0.15, -0.1) is 0 Å². The number of fused-ring (bicyclic) bond motifs is 1. The lowest BCUT2D eigenvalue weighted by molar-refractivity contribution is -0.117. The van der Waals surface area contributed by atoms with Gasteiger partial charge in [0.2, 0.25) is 5.91 Å². The van der Waals surface area contributed by atoms with Crippen LogP contribution in [0.25, 0.3) is 17.0 Å². The van der Waals surface area contributed by atoms with Crippen molar-refractivity contribution in [1.82, 2.24) is 20.1 Å². The van der Waals surface area contributed by atoms with Crippen molar-refractivity contribution >= 4 is 22.9 Å². The second kappa shape index (κ2) is 6.86. The van der Waals surface area contributed by atoms with Crippen LogP contribution in [0.5, 0.6) is 0 Å². The minimum Gasteiger partial charge on any atom is -0.383 e. The Labute approximate surface area is 145 Å². The average molecular weight is 336 g/mol. The summed E-state index contributed by atoms with van der Waals surface area (Å²) in [6.07, 6.45) is 6.37. The van der Waals surface area contributed by atoms with Crippen molar-refractivity contribution < 1.29 is 9.90 Å². The standard InChI is InChI=1S/C19H20N4O2/c1-19(25,15-11-21-23(2)12-15)13-20-18(24)10-9-16-8-7-14-5-3-4-6-17(14)22-16/h3-12,25H,13H2,1-2H3,(H,20,24). The third-order valence-corrected chi connectivity index (χ3v) is 3.96. The van der Waals surface area contributed by atoms with Crippen LogP contribution in [0.2, 0.25) is 0 Å². The summed E-state index contributed by atoms with van der Waals surface area (Å²) < 4.78 is 1.61. The molecule has 0 saturated carbocycles. The van der Waals surface area contributed by atoms with Crippen LogP contribution in [0.1, 0.15) is 18.2 Å². The quantitative estimate of drug-likeness (QED) is 0.699. The first-order valence-electron chi connectivity index (χ1n) is 7.97. The second-order valence-electron chi connectivity index (χ2n) is 6.16. The predicted octanol–water partition coefficient (Wildman–Crippen LogP) is 2.01. The normalized spacial score (nSPS) is 13.9. The molecule has 1 aromatic carbocycles. The molecule has 6 heteroatoms. The van der Waals surface area contributed by atoms with Crippen LogP contribution in [0.3, 0.4) is 0 Å². The molecule has 1 amide bonds. The number of aromatic nitrogens is 3. The van der Waals surface area contributed by atoms with E-state index in [1.807, 2.05) is 36.4 Å². The molecular weight excluding hydrogens is 316 g/mol. The summed E-state index contributed by atoms with van der Waals surface area (Å²) in [5.74, 6) is -0.292. The molecule has 2 N–H and O–H groups in total. The molecule has 25 heavy (non-hydrogen) atoms. The van der Waals surface area contributed by atoms with E-state index >= 15 is 0 Å². The van der Waals surface area contributed by atoms with E-state index < -0.39 is 5.60 Å². The van der Waals surface area contributed by atoms with E-state index in [2.05, 4.69) is 15.4 Å². The topological polar surface area (TPSA) is 80.0 Å². The zero-order chi connectivity index (χ0) is 17.9. The molecule has 1 unspecified atom stereocenters.